The minimum Gasteiger partial charge on any atom is -0.279 e. The number of benzene rings is 6. The molecule has 2 unspecified atom stereocenters. The number of nitrogens with zero attached hydrogens (tertiary/aromatic N) is 3. The van der Waals surface area contributed by atoms with E-state index in [0.29, 0.717) is 0 Å². The Kier molecular flexibility index (Phi) is 9.61. The third-order valence-corrected chi connectivity index (χ3v) is 12.4. The second-order valence-corrected chi connectivity index (χ2v) is 16.1. The molecule has 0 saturated heterocycles. The van der Waals surface area contributed by atoms with E-state index in [2.05, 4.69) is 205 Å². The van der Waals surface area contributed by atoms with E-state index in [0.717, 1.165) is 58.9 Å². The van der Waals surface area contributed by atoms with E-state index in [1.54, 1.807) is 0 Å². The molecule has 1 N–H and O–H groups in total. The SMILES string of the molecule is C1=CC2C(c3ccc(-c4ccc(-c5cc(C6=CCCC(c7ccccc7)=C6)nc(-c6ccccc6)n5)cc4)cc3)=C(c3ccccc3)N3NCC(c4ccccc4)=C3C2C=C1. The molecule has 3 heterocycles. The normalized spacial score (nSPS) is 18.1. The smallest absolute Gasteiger partial charge is 0.160 e. The van der Waals surface area contributed by atoms with Crippen LogP contribution in [0.5, 0.6) is 0 Å². The maximum atomic E-state index is 5.13. The maximum Gasteiger partial charge on any atom is 0.160 e. The average molecular weight is 785 g/mol. The minimum atomic E-state index is 0.193. The molecule has 4 aliphatic rings. The predicted octanol–water partition coefficient (Wildman–Crippen LogP) is 13.2. The Morgan fingerprint density at radius 3 is 1.69 bits per heavy atom. The summed E-state index contributed by atoms with van der Waals surface area (Å²) >= 11 is 0. The van der Waals surface area contributed by atoms with Crippen LogP contribution in [0, 0.1) is 11.8 Å². The van der Waals surface area contributed by atoms with Crippen LogP contribution in [0.15, 0.2) is 218 Å². The summed E-state index contributed by atoms with van der Waals surface area (Å²) in [5.41, 5.74) is 22.8. The molecule has 61 heavy (non-hydrogen) atoms. The summed E-state index contributed by atoms with van der Waals surface area (Å²) in [6.45, 7) is 0.784. The predicted molar refractivity (Wildman–Crippen MR) is 252 cm³/mol. The van der Waals surface area contributed by atoms with Crippen molar-refractivity contribution in [1.29, 1.82) is 0 Å². The van der Waals surface area contributed by atoms with Crippen LogP contribution in [-0.4, -0.2) is 21.5 Å². The highest BCUT2D eigenvalue weighted by atomic mass is 15.5. The summed E-state index contributed by atoms with van der Waals surface area (Å²) in [5.74, 6) is 1.14. The first-order valence-electron chi connectivity index (χ1n) is 21.3. The first-order chi connectivity index (χ1) is 30.2. The fourth-order valence-corrected chi connectivity index (χ4v) is 9.44. The molecular formula is C57H44N4. The fraction of sp³-hybridized carbons (Fsp3) is 0.0877. The molecule has 2 aliphatic carbocycles. The van der Waals surface area contributed by atoms with Crippen molar-refractivity contribution in [3.63, 3.8) is 0 Å². The molecule has 292 valence electrons. The summed E-state index contributed by atoms with van der Waals surface area (Å²) in [6, 6.07) is 62.8. The van der Waals surface area contributed by atoms with Crippen LogP contribution in [0.25, 0.3) is 61.8 Å². The van der Waals surface area contributed by atoms with Crippen molar-refractivity contribution in [2.45, 2.75) is 12.8 Å². The Balaban J connectivity index is 0.944. The van der Waals surface area contributed by atoms with Crippen LogP contribution in [-0.2, 0) is 0 Å². The van der Waals surface area contributed by atoms with Crippen molar-refractivity contribution in [3.8, 4) is 33.8 Å². The van der Waals surface area contributed by atoms with Crippen molar-refractivity contribution in [3.05, 3.63) is 246 Å². The molecule has 0 saturated carbocycles. The molecule has 1 aromatic heterocycles. The second kappa shape index (κ2) is 16.0. The molecular weight excluding hydrogens is 741 g/mol. The van der Waals surface area contributed by atoms with Gasteiger partial charge in [0.25, 0.3) is 0 Å². The lowest BCUT2D eigenvalue weighted by atomic mass is 9.72. The molecule has 2 atom stereocenters. The van der Waals surface area contributed by atoms with Crippen molar-refractivity contribution < 1.29 is 0 Å². The van der Waals surface area contributed by atoms with E-state index >= 15 is 0 Å². The standard InChI is InChI=1S/C57H44N4/c1-5-16-39(17-6-1)47-24-15-25-48(36-47)53-37-52(59-57(60-53)46-22-11-4-12-23-46)43-32-28-40(29-33-43)41-30-34-44(35-31-41)54-49-26-13-14-27-50(49)56-51(42-18-7-2-8-19-42)38-58-61(56)55(54)45-20-9-3-10-21-45/h1-14,16-23,25-37,49-50,58H,15,24,38H2. The zero-order valence-corrected chi connectivity index (χ0v) is 33.8. The molecule has 2 aliphatic heterocycles. The van der Waals surface area contributed by atoms with E-state index in [1.807, 2.05) is 18.2 Å². The van der Waals surface area contributed by atoms with Gasteiger partial charge in [0.1, 0.15) is 0 Å². The highest BCUT2D eigenvalue weighted by molar-refractivity contribution is 5.96. The number of hydrogen-bond acceptors (Lipinski definition) is 4. The summed E-state index contributed by atoms with van der Waals surface area (Å²) < 4.78 is 0. The number of aromatic nitrogens is 2. The van der Waals surface area contributed by atoms with Crippen LogP contribution < -0.4 is 5.43 Å². The van der Waals surface area contributed by atoms with E-state index in [9.17, 15) is 0 Å². The van der Waals surface area contributed by atoms with Gasteiger partial charge in [0.05, 0.1) is 17.1 Å². The molecule has 0 radical (unpaired) electrons. The Morgan fingerprint density at radius 2 is 1.03 bits per heavy atom. The van der Waals surface area contributed by atoms with Gasteiger partial charge >= 0.3 is 0 Å². The van der Waals surface area contributed by atoms with Crippen LogP contribution in [0.4, 0.5) is 0 Å². The molecule has 0 spiro atoms. The van der Waals surface area contributed by atoms with Crippen molar-refractivity contribution in [1.82, 2.24) is 20.4 Å². The van der Waals surface area contributed by atoms with E-state index in [1.165, 1.54) is 55.9 Å². The Hall–Kier alpha value is -7.40. The van der Waals surface area contributed by atoms with Crippen molar-refractivity contribution >= 4 is 28.0 Å². The molecule has 4 nitrogen and oxygen atoms in total. The number of hydrogen-bond donors (Lipinski definition) is 1. The second-order valence-electron chi connectivity index (χ2n) is 16.1. The monoisotopic (exact) mass is 784 g/mol. The molecule has 6 aromatic carbocycles. The third kappa shape index (κ3) is 7.01. The summed E-state index contributed by atoms with van der Waals surface area (Å²) in [4.78, 5) is 10.3. The molecule has 0 fully saturated rings. The van der Waals surface area contributed by atoms with Crippen LogP contribution in [0.1, 0.15) is 40.8 Å². The quantitative estimate of drug-likeness (QED) is 0.167. The Labute approximate surface area is 358 Å². The third-order valence-electron chi connectivity index (χ3n) is 12.4. The lowest BCUT2D eigenvalue weighted by Gasteiger charge is -2.42. The van der Waals surface area contributed by atoms with Gasteiger partial charge in [0.15, 0.2) is 5.82 Å². The van der Waals surface area contributed by atoms with Gasteiger partial charge in [-0.2, -0.15) is 0 Å². The summed E-state index contributed by atoms with van der Waals surface area (Å²) in [5, 5.41) is 2.38. The van der Waals surface area contributed by atoms with Crippen molar-refractivity contribution in [2.75, 3.05) is 6.54 Å². The average Bonchev–Trinajstić information content (AvgIpc) is 3.80. The lowest BCUT2D eigenvalue weighted by Crippen LogP contribution is -2.39. The summed E-state index contributed by atoms with van der Waals surface area (Å²) in [7, 11) is 0. The number of allylic oxidation sites excluding steroid dienone is 9. The zero-order chi connectivity index (χ0) is 40.5. The minimum absolute atomic E-state index is 0.193. The van der Waals surface area contributed by atoms with E-state index in [4.69, 9.17) is 9.97 Å². The van der Waals surface area contributed by atoms with Gasteiger partial charge in [0.2, 0.25) is 0 Å². The first kappa shape index (κ1) is 36.7. The van der Waals surface area contributed by atoms with Gasteiger partial charge in [-0.05, 0) is 80.7 Å². The molecule has 0 amide bonds. The van der Waals surface area contributed by atoms with Crippen LogP contribution >= 0.6 is 0 Å². The maximum absolute atomic E-state index is 5.13. The topological polar surface area (TPSA) is 41.1 Å². The molecule has 4 heteroatoms. The van der Waals surface area contributed by atoms with E-state index < -0.39 is 0 Å². The van der Waals surface area contributed by atoms with Crippen LogP contribution in [0.3, 0.4) is 0 Å². The number of hydrazine groups is 1. The highest BCUT2D eigenvalue weighted by Crippen LogP contribution is 2.52. The van der Waals surface area contributed by atoms with E-state index in [-0.39, 0.29) is 11.8 Å². The van der Waals surface area contributed by atoms with Crippen molar-refractivity contribution in [2.24, 2.45) is 11.8 Å². The Bertz CT molecular complexity index is 2920. The molecule has 11 rings (SSSR count). The number of nitrogens with one attached hydrogen (secondary N) is 1. The largest absolute Gasteiger partial charge is 0.279 e. The van der Waals surface area contributed by atoms with Gasteiger partial charge in [-0.1, -0.05) is 200 Å². The number of rotatable bonds is 8. The van der Waals surface area contributed by atoms with Gasteiger partial charge in [-0.25, -0.2) is 15.4 Å². The zero-order valence-electron chi connectivity index (χ0n) is 33.8. The molecule has 0 bridgehead atoms. The molecule has 7 aromatic rings. The first-order valence-corrected chi connectivity index (χ1v) is 21.3. The van der Waals surface area contributed by atoms with Gasteiger partial charge in [-0.3, -0.25) is 5.01 Å². The fourth-order valence-electron chi connectivity index (χ4n) is 9.44. The highest BCUT2D eigenvalue weighted by Gasteiger charge is 2.42. The Morgan fingerprint density at radius 1 is 0.492 bits per heavy atom. The van der Waals surface area contributed by atoms with Gasteiger partial charge in [0, 0.05) is 35.2 Å². The van der Waals surface area contributed by atoms with Gasteiger partial charge in [-0.15, -0.1) is 0 Å². The summed E-state index contributed by atoms with van der Waals surface area (Å²) in [6.07, 6.45) is 15.8. The lowest BCUT2D eigenvalue weighted by molar-refractivity contribution is 0.350. The number of fused-ring (bicyclic) bond motifs is 3. The van der Waals surface area contributed by atoms with Crippen LogP contribution in [0.2, 0.25) is 0 Å². The van der Waals surface area contributed by atoms with Gasteiger partial charge < -0.3 is 0 Å².